The minimum atomic E-state index is -0.927. The summed E-state index contributed by atoms with van der Waals surface area (Å²) in [6, 6.07) is 11.1. The van der Waals surface area contributed by atoms with Crippen LogP contribution in [0.1, 0.15) is 46.5 Å². The first-order valence-corrected chi connectivity index (χ1v) is 9.99. The van der Waals surface area contributed by atoms with Crippen molar-refractivity contribution in [3.05, 3.63) is 65.5 Å². The Morgan fingerprint density at radius 2 is 1.71 bits per heavy atom. The topological polar surface area (TPSA) is 110 Å². The minimum Gasteiger partial charge on any atom is -0.324 e. The molecule has 2 aromatic carbocycles. The summed E-state index contributed by atoms with van der Waals surface area (Å²) in [6.07, 6.45) is 1.82. The smallest absolute Gasteiger partial charge is 0.262 e. The quantitative estimate of drug-likeness (QED) is 0.616. The van der Waals surface area contributed by atoms with Crippen molar-refractivity contribution in [1.82, 2.24) is 25.1 Å². The van der Waals surface area contributed by atoms with Gasteiger partial charge in [-0.2, -0.15) is 0 Å². The van der Waals surface area contributed by atoms with Crippen molar-refractivity contribution in [2.75, 3.05) is 5.32 Å². The Labute approximate surface area is 179 Å². The molecule has 0 fully saturated rings. The fourth-order valence-corrected chi connectivity index (χ4v) is 3.76. The third-order valence-corrected chi connectivity index (χ3v) is 5.29. The van der Waals surface area contributed by atoms with Gasteiger partial charge in [-0.05, 0) is 59.5 Å². The monoisotopic (exact) mass is 418 g/mol. The second-order valence-electron chi connectivity index (χ2n) is 7.86. The van der Waals surface area contributed by atoms with E-state index < -0.39 is 23.8 Å². The molecule has 3 amide bonds. The largest absolute Gasteiger partial charge is 0.324 e. The highest BCUT2D eigenvalue weighted by molar-refractivity contribution is 6.23. The maximum atomic E-state index is 13.3. The normalized spacial score (nSPS) is 14.1. The molecule has 31 heavy (non-hydrogen) atoms. The molecule has 0 saturated heterocycles. The Bertz CT molecular complexity index is 1120. The molecule has 0 radical (unpaired) electrons. The van der Waals surface area contributed by atoms with Gasteiger partial charge in [0.25, 0.3) is 11.8 Å². The molecule has 2 heterocycles. The van der Waals surface area contributed by atoms with Gasteiger partial charge in [-0.1, -0.05) is 32.0 Å². The zero-order valence-electron chi connectivity index (χ0n) is 17.4. The van der Waals surface area contributed by atoms with E-state index in [9.17, 15) is 14.4 Å². The zero-order chi connectivity index (χ0) is 22.1. The molecule has 1 N–H and O–H groups in total. The van der Waals surface area contributed by atoms with Crippen molar-refractivity contribution in [2.45, 2.75) is 33.2 Å². The molecule has 0 aliphatic carbocycles. The lowest BCUT2D eigenvalue weighted by Gasteiger charge is -2.27. The van der Waals surface area contributed by atoms with Crippen molar-refractivity contribution in [3.63, 3.8) is 0 Å². The summed E-state index contributed by atoms with van der Waals surface area (Å²) in [5.41, 5.74) is 2.68. The van der Waals surface area contributed by atoms with Crippen LogP contribution in [0.15, 0.2) is 48.8 Å². The predicted molar refractivity (Wildman–Crippen MR) is 113 cm³/mol. The van der Waals surface area contributed by atoms with Gasteiger partial charge in [-0.25, -0.2) is 4.68 Å². The molecule has 3 aromatic rings. The molecule has 0 spiro atoms. The molecular formula is C22H22N6O3. The van der Waals surface area contributed by atoms with E-state index in [1.165, 1.54) is 11.0 Å². The number of hydrogen-bond donors (Lipinski definition) is 1. The van der Waals surface area contributed by atoms with E-state index in [1.54, 1.807) is 36.4 Å². The van der Waals surface area contributed by atoms with Gasteiger partial charge in [-0.15, -0.1) is 5.10 Å². The number of imide groups is 1. The highest BCUT2D eigenvalue weighted by Gasteiger charge is 2.42. The fourth-order valence-electron chi connectivity index (χ4n) is 3.76. The highest BCUT2D eigenvalue weighted by Crippen LogP contribution is 2.28. The van der Waals surface area contributed by atoms with Crippen LogP contribution in [0.3, 0.4) is 0 Å². The van der Waals surface area contributed by atoms with Crippen molar-refractivity contribution in [2.24, 2.45) is 5.92 Å². The number of tetrazole rings is 1. The van der Waals surface area contributed by atoms with E-state index in [0.29, 0.717) is 28.9 Å². The van der Waals surface area contributed by atoms with Crippen LogP contribution >= 0.6 is 0 Å². The Balaban J connectivity index is 1.65. The first-order chi connectivity index (χ1) is 14.9. The van der Waals surface area contributed by atoms with E-state index in [4.69, 9.17) is 0 Å². The number of rotatable bonds is 6. The molecule has 4 rings (SSSR count). The lowest BCUT2D eigenvalue weighted by atomic mass is 10.0. The average molecular weight is 418 g/mol. The van der Waals surface area contributed by atoms with E-state index in [-0.39, 0.29) is 5.92 Å². The van der Waals surface area contributed by atoms with Gasteiger partial charge in [0.15, 0.2) is 0 Å². The molecule has 1 unspecified atom stereocenters. The highest BCUT2D eigenvalue weighted by atomic mass is 16.2. The van der Waals surface area contributed by atoms with Crippen LogP contribution in [0.2, 0.25) is 0 Å². The van der Waals surface area contributed by atoms with Gasteiger partial charge in [-0.3, -0.25) is 19.3 Å². The maximum Gasteiger partial charge on any atom is 0.262 e. The second kappa shape index (κ2) is 8.10. The average Bonchev–Trinajstić information content (AvgIpc) is 3.36. The number of nitrogens with zero attached hydrogens (tertiary/aromatic N) is 5. The lowest BCUT2D eigenvalue weighted by Crippen LogP contribution is -2.48. The maximum absolute atomic E-state index is 13.3. The number of nitrogens with one attached hydrogen (secondary N) is 1. The van der Waals surface area contributed by atoms with E-state index in [0.717, 1.165) is 10.5 Å². The van der Waals surface area contributed by atoms with Crippen molar-refractivity contribution in [1.29, 1.82) is 0 Å². The number of benzene rings is 2. The summed E-state index contributed by atoms with van der Waals surface area (Å²) in [7, 11) is 0. The van der Waals surface area contributed by atoms with Crippen LogP contribution in [0.4, 0.5) is 5.69 Å². The van der Waals surface area contributed by atoms with Crippen molar-refractivity contribution < 1.29 is 14.4 Å². The summed E-state index contributed by atoms with van der Waals surface area (Å²) in [5.74, 6) is -1.21. The van der Waals surface area contributed by atoms with Gasteiger partial charge in [0.1, 0.15) is 12.4 Å². The molecule has 0 bridgehead atoms. The van der Waals surface area contributed by atoms with Crippen molar-refractivity contribution >= 4 is 23.4 Å². The zero-order valence-corrected chi connectivity index (χ0v) is 17.4. The number of carbonyl (C=O) groups excluding carboxylic acids is 3. The van der Waals surface area contributed by atoms with E-state index in [1.807, 2.05) is 26.8 Å². The SMILES string of the molecule is Cc1c(NC(=O)C(CC(C)C)N2C(=O)c3ccccc3C2=O)cccc1-n1cnnn1. The molecule has 9 heteroatoms. The predicted octanol–water partition coefficient (Wildman–Crippen LogP) is 2.62. The first kappa shape index (κ1) is 20.4. The second-order valence-corrected chi connectivity index (χ2v) is 7.86. The van der Waals surface area contributed by atoms with E-state index >= 15 is 0 Å². The van der Waals surface area contributed by atoms with Crippen LogP contribution in [-0.4, -0.2) is 48.9 Å². The van der Waals surface area contributed by atoms with Gasteiger partial charge in [0.2, 0.25) is 5.91 Å². The minimum absolute atomic E-state index is 0.0914. The fraction of sp³-hybridized carbons (Fsp3) is 0.273. The Hall–Kier alpha value is -3.88. The van der Waals surface area contributed by atoms with Gasteiger partial charge >= 0.3 is 0 Å². The Morgan fingerprint density at radius 3 is 2.29 bits per heavy atom. The summed E-state index contributed by atoms with van der Waals surface area (Å²) < 4.78 is 1.50. The molecule has 1 aliphatic rings. The number of hydrogen-bond acceptors (Lipinski definition) is 6. The van der Waals surface area contributed by atoms with Crippen molar-refractivity contribution in [3.8, 4) is 5.69 Å². The third kappa shape index (κ3) is 3.70. The molecular weight excluding hydrogens is 396 g/mol. The summed E-state index contributed by atoms with van der Waals surface area (Å²) >= 11 is 0. The number of fused-ring (bicyclic) bond motifs is 1. The summed E-state index contributed by atoms with van der Waals surface area (Å²) in [5, 5.41) is 14.1. The molecule has 1 aliphatic heterocycles. The molecule has 1 atom stereocenters. The van der Waals surface area contributed by atoms with Crippen LogP contribution in [0.25, 0.3) is 5.69 Å². The summed E-state index contributed by atoms with van der Waals surface area (Å²) in [4.78, 5) is 40.3. The number of amides is 3. The Kier molecular flexibility index (Phi) is 5.33. The lowest BCUT2D eigenvalue weighted by molar-refractivity contribution is -0.120. The number of aromatic nitrogens is 4. The van der Waals surface area contributed by atoms with Gasteiger partial charge < -0.3 is 5.32 Å². The standard InChI is InChI=1S/C22H22N6O3/c1-13(2)11-19(28-21(30)15-7-4-5-8-16(15)22(28)31)20(29)24-17-9-6-10-18(14(17)3)27-12-23-25-26-27/h4-10,12-13,19H,11H2,1-3H3,(H,24,29). The number of carbonyl (C=O) groups is 3. The van der Waals surface area contributed by atoms with Crippen LogP contribution < -0.4 is 5.32 Å². The van der Waals surface area contributed by atoms with Gasteiger partial charge in [0, 0.05) is 5.69 Å². The van der Waals surface area contributed by atoms with Gasteiger partial charge in [0.05, 0.1) is 16.8 Å². The molecule has 158 valence electrons. The third-order valence-electron chi connectivity index (χ3n) is 5.29. The first-order valence-electron chi connectivity index (χ1n) is 9.99. The van der Waals surface area contributed by atoms with Crippen LogP contribution in [0, 0.1) is 12.8 Å². The molecule has 1 aromatic heterocycles. The van der Waals surface area contributed by atoms with Crippen LogP contribution in [0.5, 0.6) is 0 Å². The Morgan fingerprint density at radius 1 is 1.03 bits per heavy atom. The molecule has 9 nitrogen and oxygen atoms in total. The molecule has 0 saturated carbocycles. The van der Waals surface area contributed by atoms with Crippen LogP contribution in [-0.2, 0) is 4.79 Å². The summed E-state index contributed by atoms with van der Waals surface area (Å²) in [6.45, 7) is 5.73. The van der Waals surface area contributed by atoms with E-state index in [2.05, 4.69) is 20.8 Å². The number of anilines is 1.